The smallest absolute Gasteiger partial charge is 0.308 e. The molecule has 0 radical (unpaired) electrons. The molecule has 0 fully saturated rings. The van der Waals surface area contributed by atoms with Gasteiger partial charge in [-0.3, -0.25) is 9.59 Å². The molecule has 0 saturated heterocycles. The number of ether oxygens (including phenoxy) is 7. The topological polar surface area (TPSA) is 119 Å². The summed E-state index contributed by atoms with van der Waals surface area (Å²) in [5.74, 6) is -1.00. The lowest BCUT2D eigenvalue weighted by atomic mass is 10.00. The van der Waals surface area contributed by atoms with Crippen molar-refractivity contribution in [1.82, 2.24) is 0 Å². The minimum absolute atomic E-state index is 0.000645. The van der Waals surface area contributed by atoms with Gasteiger partial charge >= 0.3 is 11.9 Å². The van der Waals surface area contributed by atoms with E-state index < -0.39 is 5.97 Å². The quantitative estimate of drug-likeness (QED) is 0.146. The molecule has 0 heterocycles. The van der Waals surface area contributed by atoms with Crippen LogP contribution in [0, 0.1) is 5.92 Å². The second kappa shape index (κ2) is 25.3. The molecule has 0 bridgehead atoms. The zero-order chi connectivity index (χ0) is 24.4. The third-order valence-electron chi connectivity index (χ3n) is 4.52. The first-order valence-electron chi connectivity index (χ1n) is 12.0. The second-order valence-electron chi connectivity index (χ2n) is 7.23. The molecule has 1 atom stereocenters. The SMILES string of the molecule is CCCCC(CC)C(=O)OCCOCCOCCOCCOCCOCCOCCC(=O)O. The van der Waals surface area contributed by atoms with E-state index in [4.69, 9.17) is 38.3 Å². The predicted molar refractivity (Wildman–Crippen MR) is 121 cm³/mol. The molecule has 196 valence electrons. The lowest BCUT2D eigenvalue weighted by Gasteiger charge is -2.13. The second-order valence-corrected chi connectivity index (χ2v) is 7.23. The van der Waals surface area contributed by atoms with E-state index in [-0.39, 0.29) is 31.5 Å². The van der Waals surface area contributed by atoms with E-state index in [2.05, 4.69) is 6.92 Å². The predicted octanol–water partition coefficient (Wildman–Crippen LogP) is 2.32. The highest BCUT2D eigenvalue weighted by Crippen LogP contribution is 2.14. The zero-order valence-corrected chi connectivity index (χ0v) is 20.4. The molecule has 0 aliphatic heterocycles. The first-order chi connectivity index (χ1) is 16.1. The van der Waals surface area contributed by atoms with Crippen LogP contribution in [0.1, 0.15) is 46.0 Å². The summed E-state index contributed by atoms with van der Waals surface area (Å²) in [5.41, 5.74) is 0. The molecule has 0 amide bonds. The maximum absolute atomic E-state index is 11.9. The molecule has 0 aromatic rings. The van der Waals surface area contributed by atoms with Gasteiger partial charge in [0.25, 0.3) is 0 Å². The van der Waals surface area contributed by atoms with Crippen LogP contribution >= 0.6 is 0 Å². The molecule has 0 spiro atoms. The van der Waals surface area contributed by atoms with Gasteiger partial charge in [0.05, 0.1) is 91.6 Å². The third-order valence-corrected chi connectivity index (χ3v) is 4.52. The van der Waals surface area contributed by atoms with Gasteiger partial charge in [-0.25, -0.2) is 0 Å². The Balaban J connectivity index is 3.21. The maximum Gasteiger partial charge on any atom is 0.308 e. The largest absolute Gasteiger partial charge is 0.481 e. The molecule has 0 aliphatic carbocycles. The van der Waals surface area contributed by atoms with Crippen molar-refractivity contribution in [3.05, 3.63) is 0 Å². The van der Waals surface area contributed by atoms with Gasteiger partial charge in [0.1, 0.15) is 6.61 Å². The fourth-order valence-electron chi connectivity index (χ4n) is 2.62. The number of carbonyl (C=O) groups excluding carboxylic acids is 1. The fraction of sp³-hybridized carbons (Fsp3) is 0.913. The van der Waals surface area contributed by atoms with Gasteiger partial charge in [-0.15, -0.1) is 0 Å². The summed E-state index contributed by atoms with van der Waals surface area (Å²) >= 11 is 0. The van der Waals surface area contributed by atoms with Gasteiger partial charge in [0, 0.05) is 0 Å². The number of hydrogen-bond donors (Lipinski definition) is 1. The van der Waals surface area contributed by atoms with Crippen molar-refractivity contribution in [2.75, 3.05) is 85.9 Å². The Morgan fingerprint density at radius 3 is 1.39 bits per heavy atom. The summed E-state index contributed by atoms with van der Waals surface area (Å²) in [6.07, 6.45) is 3.82. The minimum Gasteiger partial charge on any atom is -0.481 e. The normalized spacial score (nSPS) is 12.1. The molecule has 10 heteroatoms. The van der Waals surface area contributed by atoms with Crippen LogP contribution in [0.25, 0.3) is 0 Å². The van der Waals surface area contributed by atoms with Crippen LogP contribution in [0.3, 0.4) is 0 Å². The van der Waals surface area contributed by atoms with Crippen LogP contribution in [0.4, 0.5) is 0 Å². The van der Waals surface area contributed by atoms with E-state index in [0.717, 1.165) is 25.7 Å². The lowest BCUT2D eigenvalue weighted by Crippen LogP contribution is -2.20. The first-order valence-corrected chi connectivity index (χ1v) is 12.0. The van der Waals surface area contributed by atoms with Gasteiger partial charge in [0.2, 0.25) is 0 Å². The van der Waals surface area contributed by atoms with E-state index in [0.29, 0.717) is 72.7 Å². The number of carbonyl (C=O) groups is 2. The lowest BCUT2D eigenvalue weighted by molar-refractivity contribution is -0.150. The number of aliphatic carboxylic acids is 1. The van der Waals surface area contributed by atoms with Crippen molar-refractivity contribution in [2.45, 2.75) is 46.0 Å². The van der Waals surface area contributed by atoms with E-state index in [1.54, 1.807) is 0 Å². The third kappa shape index (κ3) is 23.6. The van der Waals surface area contributed by atoms with Gasteiger partial charge < -0.3 is 38.3 Å². The molecular formula is C23H44O10. The Morgan fingerprint density at radius 2 is 1.03 bits per heavy atom. The number of esters is 1. The van der Waals surface area contributed by atoms with Crippen LogP contribution in [0.15, 0.2) is 0 Å². The number of carboxylic acids is 1. The molecule has 0 aliphatic rings. The van der Waals surface area contributed by atoms with Crippen molar-refractivity contribution in [3.63, 3.8) is 0 Å². The van der Waals surface area contributed by atoms with Gasteiger partial charge in [-0.05, 0) is 12.8 Å². The van der Waals surface area contributed by atoms with Gasteiger partial charge in [0.15, 0.2) is 0 Å². The maximum atomic E-state index is 11.9. The Hall–Kier alpha value is -1.30. The highest BCUT2D eigenvalue weighted by Gasteiger charge is 2.16. The Kier molecular flexibility index (Phi) is 24.3. The molecule has 1 N–H and O–H groups in total. The van der Waals surface area contributed by atoms with E-state index in [9.17, 15) is 9.59 Å². The van der Waals surface area contributed by atoms with Crippen LogP contribution in [0.5, 0.6) is 0 Å². The highest BCUT2D eigenvalue weighted by molar-refractivity contribution is 5.72. The first kappa shape index (κ1) is 31.7. The molecule has 1 unspecified atom stereocenters. The molecule has 0 aromatic carbocycles. The van der Waals surface area contributed by atoms with Crippen LogP contribution in [0.2, 0.25) is 0 Å². The Labute approximate surface area is 198 Å². The number of unbranched alkanes of at least 4 members (excludes halogenated alkanes) is 1. The van der Waals surface area contributed by atoms with Gasteiger partial charge in [-0.1, -0.05) is 26.7 Å². The van der Waals surface area contributed by atoms with Crippen LogP contribution < -0.4 is 0 Å². The summed E-state index contributed by atoms with van der Waals surface area (Å²) in [5, 5.41) is 8.45. The molecule has 0 aromatic heterocycles. The zero-order valence-electron chi connectivity index (χ0n) is 20.4. The van der Waals surface area contributed by atoms with Crippen LogP contribution in [-0.2, 0) is 42.7 Å². The van der Waals surface area contributed by atoms with E-state index in [1.165, 1.54) is 0 Å². The summed E-state index contributed by atoms with van der Waals surface area (Å²) in [4.78, 5) is 22.2. The molecular weight excluding hydrogens is 436 g/mol. The summed E-state index contributed by atoms with van der Waals surface area (Å²) in [6, 6.07) is 0. The molecule has 10 nitrogen and oxygen atoms in total. The average molecular weight is 481 g/mol. The Bertz CT molecular complexity index is 447. The number of carboxylic acid groups (broad SMARTS) is 1. The van der Waals surface area contributed by atoms with Crippen molar-refractivity contribution >= 4 is 11.9 Å². The Morgan fingerprint density at radius 1 is 0.636 bits per heavy atom. The summed E-state index contributed by atoms with van der Waals surface area (Å²) < 4.78 is 37.2. The number of rotatable bonds is 26. The standard InChI is InChI=1S/C23H44O10/c1-3-5-6-21(4-2)23(26)33-20-19-32-18-17-31-16-15-30-14-13-29-12-11-28-10-9-27-8-7-22(24)25/h21H,3-20H2,1-2H3,(H,24,25). The average Bonchev–Trinajstić information content (AvgIpc) is 2.80. The molecule has 33 heavy (non-hydrogen) atoms. The molecule has 0 saturated carbocycles. The highest BCUT2D eigenvalue weighted by atomic mass is 16.6. The van der Waals surface area contributed by atoms with Crippen molar-refractivity contribution in [1.29, 1.82) is 0 Å². The monoisotopic (exact) mass is 480 g/mol. The number of hydrogen-bond acceptors (Lipinski definition) is 9. The van der Waals surface area contributed by atoms with Crippen molar-refractivity contribution in [2.24, 2.45) is 5.92 Å². The van der Waals surface area contributed by atoms with Crippen molar-refractivity contribution < 1.29 is 47.9 Å². The minimum atomic E-state index is -0.874. The summed E-state index contributed by atoms with van der Waals surface area (Å²) in [6.45, 7) is 9.43. The van der Waals surface area contributed by atoms with Crippen molar-refractivity contribution in [3.8, 4) is 0 Å². The molecule has 0 rings (SSSR count). The summed E-state index contributed by atoms with van der Waals surface area (Å²) in [7, 11) is 0. The van der Waals surface area contributed by atoms with Crippen LogP contribution in [-0.4, -0.2) is 103 Å². The fourth-order valence-corrected chi connectivity index (χ4v) is 2.62. The van der Waals surface area contributed by atoms with E-state index in [1.807, 2.05) is 6.92 Å². The van der Waals surface area contributed by atoms with Gasteiger partial charge in [-0.2, -0.15) is 0 Å². The van der Waals surface area contributed by atoms with E-state index >= 15 is 0 Å².